The Morgan fingerprint density at radius 3 is 2.74 bits per heavy atom. The van der Waals surface area contributed by atoms with Crippen molar-refractivity contribution < 1.29 is 14.6 Å². The van der Waals surface area contributed by atoms with Crippen molar-refractivity contribution in [3.63, 3.8) is 0 Å². The molecule has 0 radical (unpaired) electrons. The Hall–Kier alpha value is -1.55. The number of hydrogen-bond donors (Lipinski definition) is 2. The van der Waals surface area contributed by atoms with E-state index >= 15 is 0 Å². The fourth-order valence-corrected chi connectivity index (χ4v) is 2.21. The molecule has 1 unspecified atom stereocenters. The van der Waals surface area contributed by atoms with Crippen molar-refractivity contribution in [3.8, 4) is 5.75 Å². The van der Waals surface area contributed by atoms with Crippen LogP contribution < -0.4 is 10.5 Å². The average molecular weight is 263 g/mol. The van der Waals surface area contributed by atoms with E-state index < -0.39 is 12.0 Å². The quantitative estimate of drug-likeness (QED) is 0.824. The number of hydrogen-bond acceptors (Lipinski definition) is 3. The third kappa shape index (κ3) is 3.70. The maximum absolute atomic E-state index is 10.9. The minimum atomic E-state index is -0.979. The molecule has 104 valence electrons. The molecule has 0 spiro atoms. The summed E-state index contributed by atoms with van der Waals surface area (Å²) in [7, 11) is 0. The second-order valence-electron chi connectivity index (χ2n) is 5.47. The van der Waals surface area contributed by atoms with Gasteiger partial charge in [0, 0.05) is 6.42 Å². The van der Waals surface area contributed by atoms with Gasteiger partial charge in [-0.2, -0.15) is 0 Å². The molecule has 0 heterocycles. The van der Waals surface area contributed by atoms with Crippen molar-refractivity contribution >= 4 is 5.97 Å². The summed E-state index contributed by atoms with van der Waals surface area (Å²) in [5.74, 6) is 0.503. The van der Waals surface area contributed by atoms with Crippen LogP contribution in [0, 0.1) is 19.8 Å². The lowest BCUT2D eigenvalue weighted by atomic mass is 10.00. The van der Waals surface area contributed by atoms with Crippen LogP contribution in [0.3, 0.4) is 0 Å². The Labute approximate surface area is 113 Å². The monoisotopic (exact) mass is 263 g/mol. The zero-order valence-electron chi connectivity index (χ0n) is 11.5. The summed E-state index contributed by atoms with van der Waals surface area (Å²) in [6, 6.07) is 3.14. The Bertz CT molecular complexity index is 481. The van der Waals surface area contributed by atoms with Crippen molar-refractivity contribution in [2.24, 2.45) is 11.7 Å². The van der Waals surface area contributed by atoms with E-state index in [9.17, 15) is 4.79 Å². The van der Waals surface area contributed by atoms with Gasteiger partial charge in [0.05, 0.1) is 6.61 Å². The lowest BCUT2D eigenvalue weighted by molar-refractivity contribution is -0.138. The van der Waals surface area contributed by atoms with Gasteiger partial charge in [-0.3, -0.25) is 4.79 Å². The molecular weight excluding hydrogens is 242 g/mol. The van der Waals surface area contributed by atoms with Crippen molar-refractivity contribution in [2.45, 2.75) is 39.2 Å². The summed E-state index contributed by atoms with van der Waals surface area (Å²) in [5, 5.41) is 8.94. The molecule has 1 aromatic rings. The molecule has 0 aromatic heterocycles. The summed E-state index contributed by atoms with van der Waals surface area (Å²) in [6.45, 7) is 4.71. The van der Waals surface area contributed by atoms with E-state index in [1.54, 1.807) is 0 Å². The highest BCUT2D eigenvalue weighted by atomic mass is 16.5. The lowest BCUT2D eigenvalue weighted by Crippen LogP contribution is -2.32. The van der Waals surface area contributed by atoms with E-state index in [2.05, 4.69) is 6.07 Å². The molecular formula is C15H21NO3. The molecule has 4 nitrogen and oxygen atoms in total. The van der Waals surface area contributed by atoms with Crippen LogP contribution in [0.1, 0.15) is 29.5 Å². The van der Waals surface area contributed by atoms with Gasteiger partial charge in [0.2, 0.25) is 0 Å². The Morgan fingerprint density at radius 2 is 2.16 bits per heavy atom. The van der Waals surface area contributed by atoms with Crippen LogP contribution in [-0.2, 0) is 11.2 Å². The molecule has 0 amide bonds. The van der Waals surface area contributed by atoms with Crippen LogP contribution in [0.2, 0.25) is 0 Å². The number of aryl methyl sites for hydroxylation is 2. The number of carbonyl (C=O) groups is 1. The van der Waals surface area contributed by atoms with Crippen LogP contribution in [0.4, 0.5) is 0 Å². The molecule has 2 rings (SSSR count). The summed E-state index contributed by atoms with van der Waals surface area (Å²) < 4.78 is 5.88. The van der Waals surface area contributed by atoms with Crippen molar-refractivity contribution in [1.82, 2.24) is 0 Å². The highest BCUT2D eigenvalue weighted by Gasteiger charge is 2.23. The first kappa shape index (κ1) is 13.9. The smallest absolute Gasteiger partial charge is 0.320 e. The molecule has 1 aliphatic rings. The number of benzene rings is 1. The highest BCUT2D eigenvalue weighted by molar-refractivity contribution is 5.73. The van der Waals surface area contributed by atoms with Gasteiger partial charge in [0.1, 0.15) is 11.8 Å². The fourth-order valence-electron chi connectivity index (χ4n) is 2.21. The standard InChI is InChI=1S/C15H21NO3/c1-9-5-10(2)14(19-8-11-3-4-11)12(6-9)7-13(16)15(17)18/h5-6,11,13H,3-4,7-8,16H2,1-2H3,(H,17,18). The first-order chi connectivity index (χ1) is 8.97. The van der Waals surface area contributed by atoms with Crippen LogP contribution in [-0.4, -0.2) is 23.7 Å². The highest BCUT2D eigenvalue weighted by Crippen LogP contribution is 2.32. The SMILES string of the molecule is Cc1cc(C)c(OCC2CC2)c(CC(N)C(=O)O)c1. The third-order valence-electron chi connectivity index (χ3n) is 3.41. The molecule has 1 aliphatic carbocycles. The van der Waals surface area contributed by atoms with E-state index in [0.717, 1.165) is 29.0 Å². The van der Waals surface area contributed by atoms with Gasteiger partial charge >= 0.3 is 5.97 Å². The third-order valence-corrected chi connectivity index (χ3v) is 3.41. The molecule has 0 bridgehead atoms. The maximum atomic E-state index is 10.9. The van der Waals surface area contributed by atoms with Crippen LogP contribution in [0.15, 0.2) is 12.1 Å². The zero-order chi connectivity index (χ0) is 14.0. The second-order valence-corrected chi connectivity index (χ2v) is 5.47. The van der Waals surface area contributed by atoms with Crippen LogP contribution in [0.5, 0.6) is 5.75 Å². The van der Waals surface area contributed by atoms with Gasteiger partial charge in [-0.05, 0) is 43.7 Å². The number of aliphatic carboxylic acids is 1. The average Bonchev–Trinajstić information content (AvgIpc) is 3.11. The maximum Gasteiger partial charge on any atom is 0.320 e. The molecule has 1 atom stereocenters. The number of carboxylic acid groups (broad SMARTS) is 1. The van der Waals surface area contributed by atoms with Crippen LogP contribution in [0.25, 0.3) is 0 Å². The minimum absolute atomic E-state index is 0.303. The number of ether oxygens (including phenoxy) is 1. The largest absolute Gasteiger partial charge is 0.493 e. The molecule has 1 aromatic carbocycles. The molecule has 3 N–H and O–H groups in total. The Morgan fingerprint density at radius 1 is 1.47 bits per heavy atom. The van der Waals surface area contributed by atoms with Crippen LogP contribution >= 0.6 is 0 Å². The summed E-state index contributed by atoms with van der Waals surface area (Å²) >= 11 is 0. The van der Waals surface area contributed by atoms with E-state index in [4.69, 9.17) is 15.6 Å². The van der Waals surface area contributed by atoms with Gasteiger partial charge in [-0.25, -0.2) is 0 Å². The number of carboxylic acids is 1. The molecule has 1 saturated carbocycles. The van der Waals surface area contributed by atoms with Gasteiger partial charge in [-0.15, -0.1) is 0 Å². The van der Waals surface area contributed by atoms with E-state index in [1.165, 1.54) is 12.8 Å². The van der Waals surface area contributed by atoms with E-state index in [0.29, 0.717) is 12.3 Å². The van der Waals surface area contributed by atoms with Crippen molar-refractivity contribution in [1.29, 1.82) is 0 Å². The van der Waals surface area contributed by atoms with E-state index in [-0.39, 0.29) is 0 Å². The normalized spacial score (nSPS) is 16.2. The molecule has 0 aliphatic heterocycles. The van der Waals surface area contributed by atoms with Gasteiger partial charge in [0.25, 0.3) is 0 Å². The predicted octanol–water partition coefficient (Wildman–Crippen LogP) is 2.05. The van der Waals surface area contributed by atoms with Gasteiger partial charge in [-0.1, -0.05) is 17.7 Å². The lowest BCUT2D eigenvalue weighted by Gasteiger charge is -2.16. The molecule has 0 saturated heterocycles. The number of nitrogens with two attached hydrogens (primary N) is 1. The molecule has 1 fully saturated rings. The number of rotatable bonds is 6. The Balaban J connectivity index is 2.19. The fraction of sp³-hybridized carbons (Fsp3) is 0.533. The topological polar surface area (TPSA) is 72.5 Å². The molecule has 19 heavy (non-hydrogen) atoms. The van der Waals surface area contributed by atoms with Gasteiger partial charge in [0.15, 0.2) is 0 Å². The first-order valence-corrected chi connectivity index (χ1v) is 6.68. The first-order valence-electron chi connectivity index (χ1n) is 6.68. The van der Waals surface area contributed by atoms with Crippen molar-refractivity contribution in [2.75, 3.05) is 6.61 Å². The van der Waals surface area contributed by atoms with Gasteiger partial charge < -0.3 is 15.6 Å². The van der Waals surface area contributed by atoms with E-state index in [1.807, 2.05) is 19.9 Å². The zero-order valence-corrected chi connectivity index (χ0v) is 11.5. The second kappa shape index (κ2) is 5.61. The Kier molecular flexibility index (Phi) is 4.10. The van der Waals surface area contributed by atoms with Crippen molar-refractivity contribution in [3.05, 3.63) is 28.8 Å². The summed E-state index contributed by atoms with van der Waals surface area (Å²) in [4.78, 5) is 10.9. The molecule has 4 heteroatoms. The minimum Gasteiger partial charge on any atom is -0.493 e. The summed E-state index contributed by atoms with van der Waals surface area (Å²) in [6.07, 6.45) is 2.77. The summed E-state index contributed by atoms with van der Waals surface area (Å²) in [5.41, 5.74) is 8.68. The predicted molar refractivity (Wildman–Crippen MR) is 73.5 cm³/mol.